The van der Waals surface area contributed by atoms with Gasteiger partial charge in [-0.1, -0.05) is 71.4 Å². The lowest BCUT2D eigenvalue weighted by Crippen LogP contribution is -2.38. The molecule has 8 nitrogen and oxygen atoms in total. The molecule has 4 aromatic rings. The van der Waals surface area contributed by atoms with Crippen LogP contribution >= 0.6 is 15.9 Å². The monoisotopic (exact) mass is 588 g/mol. The summed E-state index contributed by atoms with van der Waals surface area (Å²) in [6.07, 6.45) is 1.75. The summed E-state index contributed by atoms with van der Waals surface area (Å²) >= 11 is 3.51. The predicted molar refractivity (Wildman–Crippen MR) is 151 cm³/mol. The molecule has 1 unspecified atom stereocenters. The second-order valence-corrected chi connectivity index (χ2v) is 10.4. The van der Waals surface area contributed by atoms with Crippen LogP contribution < -0.4 is 10.1 Å². The normalized spacial score (nSPS) is 16.7. The van der Waals surface area contributed by atoms with Gasteiger partial charge in [-0.15, -0.1) is 0 Å². The number of H-pyrrole nitrogens is 1. The third kappa shape index (κ3) is 5.46. The third-order valence-electron chi connectivity index (χ3n) is 6.98. The predicted octanol–water partition coefficient (Wildman–Crippen LogP) is 5.66. The van der Waals surface area contributed by atoms with E-state index in [1.165, 1.54) is 4.90 Å². The minimum atomic E-state index is -0.835. The highest BCUT2D eigenvalue weighted by Gasteiger charge is 2.46. The molecule has 1 saturated heterocycles. The molecular weight excluding hydrogens is 560 g/mol. The number of carbonyl (C=O) groups is 2. The van der Waals surface area contributed by atoms with E-state index in [2.05, 4.69) is 31.2 Å². The molecule has 0 spiro atoms. The summed E-state index contributed by atoms with van der Waals surface area (Å²) in [7, 11) is 0. The molecule has 200 valence electrons. The Morgan fingerprint density at radius 2 is 1.82 bits per heavy atom. The number of amides is 3. The van der Waals surface area contributed by atoms with Gasteiger partial charge in [0.2, 0.25) is 0 Å². The summed E-state index contributed by atoms with van der Waals surface area (Å²) < 4.78 is 6.41. The van der Waals surface area contributed by atoms with Crippen molar-refractivity contribution in [1.82, 2.24) is 20.2 Å². The molecule has 9 heteroatoms. The van der Waals surface area contributed by atoms with Gasteiger partial charge >= 0.3 is 6.03 Å². The Labute approximate surface area is 235 Å². The number of imide groups is 1. The van der Waals surface area contributed by atoms with Gasteiger partial charge in [0.05, 0.1) is 18.5 Å². The number of aryl methyl sites for hydroxylation is 1. The van der Waals surface area contributed by atoms with Crippen molar-refractivity contribution in [3.8, 4) is 17.0 Å². The summed E-state index contributed by atoms with van der Waals surface area (Å²) in [5, 5.41) is 11.8. The van der Waals surface area contributed by atoms with Crippen molar-refractivity contribution >= 4 is 27.9 Å². The number of hydrogen-bond donors (Lipinski definition) is 3. The molecular formula is C30H29BrN4O4. The van der Waals surface area contributed by atoms with E-state index in [1.807, 2.05) is 62.4 Å². The summed E-state index contributed by atoms with van der Waals surface area (Å²) in [6.45, 7) is 4.10. The Hall–Kier alpha value is -3.95. The summed E-state index contributed by atoms with van der Waals surface area (Å²) in [5.74, 6) is 0.512. The second-order valence-electron chi connectivity index (χ2n) is 9.52. The van der Waals surface area contributed by atoms with Gasteiger partial charge in [-0.05, 0) is 47.9 Å². The average molecular weight is 589 g/mol. The van der Waals surface area contributed by atoms with Crippen molar-refractivity contribution in [2.45, 2.75) is 31.8 Å². The molecule has 1 aliphatic heterocycles. The molecule has 3 N–H and O–H groups in total. The van der Waals surface area contributed by atoms with Gasteiger partial charge in [-0.3, -0.25) is 9.69 Å². The molecule has 39 heavy (non-hydrogen) atoms. The molecule has 3 amide bonds. The van der Waals surface area contributed by atoms with Crippen LogP contribution in [0.1, 0.15) is 47.4 Å². The fourth-order valence-corrected chi connectivity index (χ4v) is 5.45. The first-order valence-electron chi connectivity index (χ1n) is 12.7. The van der Waals surface area contributed by atoms with Crippen molar-refractivity contribution in [2.75, 3.05) is 13.2 Å². The van der Waals surface area contributed by atoms with E-state index in [0.717, 1.165) is 26.9 Å². The number of ether oxygens (including phenoxy) is 1. The van der Waals surface area contributed by atoms with Crippen molar-refractivity contribution < 1.29 is 19.4 Å². The van der Waals surface area contributed by atoms with Crippen LogP contribution in [-0.2, 0) is 4.79 Å². The van der Waals surface area contributed by atoms with E-state index in [1.54, 1.807) is 30.5 Å². The second kappa shape index (κ2) is 11.4. The summed E-state index contributed by atoms with van der Waals surface area (Å²) in [4.78, 5) is 36.6. The van der Waals surface area contributed by atoms with E-state index in [-0.39, 0.29) is 25.0 Å². The van der Waals surface area contributed by atoms with Crippen molar-refractivity contribution in [3.63, 3.8) is 0 Å². The minimum absolute atomic E-state index is 0.0925. The van der Waals surface area contributed by atoms with Gasteiger partial charge in [0, 0.05) is 16.0 Å². The average Bonchev–Trinajstić information content (AvgIpc) is 3.53. The molecule has 1 aromatic heterocycles. The number of nitrogens with zero attached hydrogens (tertiary/aromatic N) is 2. The summed E-state index contributed by atoms with van der Waals surface area (Å²) in [6, 6.07) is 20.7. The Kier molecular flexibility index (Phi) is 7.81. The maximum Gasteiger partial charge on any atom is 0.325 e. The minimum Gasteiger partial charge on any atom is -0.491 e. The van der Waals surface area contributed by atoms with E-state index < -0.39 is 18.1 Å². The highest BCUT2D eigenvalue weighted by atomic mass is 79.9. The zero-order valence-corrected chi connectivity index (χ0v) is 23.2. The van der Waals surface area contributed by atoms with Crippen LogP contribution in [0.5, 0.6) is 5.75 Å². The summed E-state index contributed by atoms with van der Waals surface area (Å²) in [5.41, 5.74) is 4.48. The van der Waals surface area contributed by atoms with Gasteiger partial charge in [-0.25, -0.2) is 9.78 Å². The molecule has 1 aliphatic rings. The molecule has 3 atom stereocenters. The molecule has 0 aliphatic carbocycles. The molecule has 0 saturated carbocycles. The molecule has 3 aromatic carbocycles. The number of nitrogens with one attached hydrogen (secondary N) is 2. The number of carbonyl (C=O) groups excluding carboxylic acids is 2. The van der Waals surface area contributed by atoms with Crippen LogP contribution in [0.3, 0.4) is 0 Å². The fraction of sp³-hybridized carbons (Fsp3) is 0.233. The lowest BCUT2D eigenvalue weighted by Gasteiger charge is -2.29. The van der Waals surface area contributed by atoms with E-state index >= 15 is 0 Å². The highest BCUT2D eigenvalue weighted by Crippen LogP contribution is 2.39. The maximum atomic E-state index is 13.8. The van der Waals surface area contributed by atoms with Crippen LogP contribution in [0.2, 0.25) is 0 Å². The number of imidazole rings is 1. The van der Waals surface area contributed by atoms with Crippen molar-refractivity contribution in [1.29, 1.82) is 0 Å². The van der Waals surface area contributed by atoms with Gasteiger partial charge in [0.1, 0.15) is 30.3 Å². The number of aromatic nitrogens is 2. The van der Waals surface area contributed by atoms with Crippen LogP contribution in [0.15, 0.2) is 83.5 Å². The van der Waals surface area contributed by atoms with Crippen LogP contribution in [0, 0.1) is 6.92 Å². The molecule has 0 bridgehead atoms. The number of halogens is 1. The number of hydrogen-bond acceptors (Lipinski definition) is 5. The molecule has 0 radical (unpaired) electrons. The zero-order chi connectivity index (χ0) is 27.5. The number of aliphatic hydroxyl groups is 1. The first kappa shape index (κ1) is 26.6. The molecule has 5 rings (SSSR count). The van der Waals surface area contributed by atoms with Crippen LogP contribution in [0.4, 0.5) is 4.79 Å². The van der Waals surface area contributed by atoms with Crippen LogP contribution in [0.25, 0.3) is 11.3 Å². The maximum absolute atomic E-state index is 13.8. The zero-order valence-electron chi connectivity index (χ0n) is 21.6. The molecule has 2 heterocycles. The molecule has 1 fully saturated rings. The van der Waals surface area contributed by atoms with Crippen molar-refractivity contribution in [3.05, 3.63) is 106 Å². The van der Waals surface area contributed by atoms with Crippen LogP contribution in [-0.4, -0.2) is 45.1 Å². The Bertz CT molecular complexity index is 1470. The Morgan fingerprint density at radius 3 is 2.51 bits per heavy atom. The highest BCUT2D eigenvalue weighted by molar-refractivity contribution is 9.10. The first-order chi connectivity index (χ1) is 18.9. The largest absolute Gasteiger partial charge is 0.491 e. The topological polar surface area (TPSA) is 108 Å². The fourth-order valence-electron chi connectivity index (χ4n) is 4.98. The number of rotatable bonds is 9. The number of benzene rings is 3. The van der Waals surface area contributed by atoms with E-state index in [4.69, 9.17) is 9.84 Å². The van der Waals surface area contributed by atoms with Gasteiger partial charge in [-0.2, -0.15) is 0 Å². The first-order valence-corrected chi connectivity index (χ1v) is 13.5. The van der Waals surface area contributed by atoms with Gasteiger partial charge in [0.15, 0.2) is 0 Å². The smallest absolute Gasteiger partial charge is 0.325 e. The number of aromatic amines is 1. The number of urea groups is 1. The van der Waals surface area contributed by atoms with Gasteiger partial charge in [0.25, 0.3) is 5.91 Å². The van der Waals surface area contributed by atoms with Crippen molar-refractivity contribution in [2.24, 2.45) is 0 Å². The lowest BCUT2D eigenvalue weighted by molar-refractivity contribution is -0.129. The quantitative estimate of drug-likeness (QED) is 0.219. The Morgan fingerprint density at radius 1 is 1.08 bits per heavy atom. The standard InChI is InChI=1S/C30H29BrN4O4/c1-18-16-22(31)10-13-24(18)25-17-32-28(33-25)27(19(2)20-6-4-3-5-7-20)35-29(37)26(34-30(35)38)21-8-11-23(12-9-21)39-15-14-36/h3-13,16-17,19,26-27,36H,14-15H2,1-2H3,(H,32,33)(H,34,38)/t19-,26?,27-/m0/s1. The van der Waals surface area contributed by atoms with Gasteiger partial charge < -0.3 is 20.1 Å². The lowest BCUT2D eigenvalue weighted by atomic mass is 9.91. The third-order valence-corrected chi connectivity index (χ3v) is 7.47. The SMILES string of the molecule is Cc1cc(Br)ccc1-c1cnc([C@H]([C@@H](C)c2ccccc2)N2C(=O)NC(c3ccc(OCCO)cc3)C2=O)[nH]1. The number of aliphatic hydroxyl groups excluding tert-OH is 1. The Balaban J connectivity index is 1.50. The van der Waals surface area contributed by atoms with E-state index in [9.17, 15) is 9.59 Å². The van der Waals surface area contributed by atoms with E-state index in [0.29, 0.717) is 17.1 Å².